The van der Waals surface area contributed by atoms with Gasteiger partial charge in [-0.25, -0.2) is 0 Å². The van der Waals surface area contributed by atoms with Gasteiger partial charge in [0.25, 0.3) is 0 Å². The van der Waals surface area contributed by atoms with Gasteiger partial charge in [-0.15, -0.1) is 0 Å². The zero-order valence-electron chi connectivity index (χ0n) is 17.1. The molecule has 3 atom stereocenters. The number of benzene rings is 3. The quantitative estimate of drug-likeness (QED) is 0.515. The molecule has 0 aliphatic carbocycles. The Balaban J connectivity index is 1.42. The summed E-state index contributed by atoms with van der Waals surface area (Å²) in [6, 6.07) is 30.5. The third-order valence-electron chi connectivity index (χ3n) is 5.20. The molecular formula is C26H28O4. The van der Waals surface area contributed by atoms with Gasteiger partial charge in [0.15, 0.2) is 0 Å². The predicted octanol–water partition coefficient (Wildman–Crippen LogP) is 4.77. The first kappa shape index (κ1) is 20.8. The van der Waals surface area contributed by atoms with Crippen LogP contribution in [0.25, 0.3) is 0 Å². The van der Waals surface area contributed by atoms with E-state index < -0.39 is 0 Å². The zero-order valence-corrected chi connectivity index (χ0v) is 17.1. The van der Waals surface area contributed by atoms with Crippen molar-refractivity contribution < 1.29 is 18.9 Å². The summed E-state index contributed by atoms with van der Waals surface area (Å²) < 4.78 is 24.6. The summed E-state index contributed by atoms with van der Waals surface area (Å²) >= 11 is 0. The van der Waals surface area contributed by atoms with E-state index in [2.05, 4.69) is 36.4 Å². The van der Waals surface area contributed by atoms with Gasteiger partial charge in [0.2, 0.25) is 0 Å². The molecule has 156 valence electrons. The number of ether oxygens (including phenoxy) is 4. The van der Waals surface area contributed by atoms with Gasteiger partial charge in [-0.1, -0.05) is 91.0 Å². The van der Waals surface area contributed by atoms with Crippen molar-refractivity contribution in [2.24, 2.45) is 0 Å². The molecule has 0 amide bonds. The van der Waals surface area contributed by atoms with Crippen molar-refractivity contribution in [1.29, 1.82) is 0 Å². The Labute approximate surface area is 178 Å². The van der Waals surface area contributed by atoms with E-state index >= 15 is 0 Å². The Morgan fingerprint density at radius 3 is 1.30 bits per heavy atom. The first-order chi connectivity index (χ1) is 14.9. The minimum atomic E-state index is -0.202. The highest BCUT2D eigenvalue weighted by molar-refractivity contribution is 5.15. The zero-order chi connectivity index (χ0) is 20.4. The second kappa shape index (κ2) is 11.0. The van der Waals surface area contributed by atoms with Gasteiger partial charge in [0.1, 0.15) is 18.3 Å². The van der Waals surface area contributed by atoms with Crippen molar-refractivity contribution >= 4 is 0 Å². The highest BCUT2D eigenvalue weighted by atomic mass is 16.6. The van der Waals surface area contributed by atoms with Crippen molar-refractivity contribution in [1.82, 2.24) is 0 Å². The summed E-state index contributed by atoms with van der Waals surface area (Å²) in [6.07, 6.45) is -0.585. The lowest BCUT2D eigenvalue weighted by molar-refractivity contribution is -0.211. The minimum absolute atomic E-state index is 0.191. The molecule has 3 aromatic rings. The standard InChI is InChI=1S/C26H28O4/c1-4-10-21(11-5-1)16-28-24-19-27-20-25(29-17-22-12-6-2-7-13-22)26(24)30-18-23-14-8-3-9-15-23/h1-15,24-26H,16-20H2/t24-,25+,26?. The molecule has 1 aliphatic rings. The van der Waals surface area contributed by atoms with Crippen molar-refractivity contribution in [3.63, 3.8) is 0 Å². The van der Waals surface area contributed by atoms with Crippen LogP contribution in [0.1, 0.15) is 16.7 Å². The van der Waals surface area contributed by atoms with Crippen LogP contribution in [0.4, 0.5) is 0 Å². The Morgan fingerprint density at radius 1 is 0.533 bits per heavy atom. The molecule has 0 N–H and O–H groups in total. The second-order valence-electron chi connectivity index (χ2n) is 7.47. The molecule has 0 saturated carbocycles. The van der Waals surface area contributed by atoms with Crippen LogP contribution in [0.5, 0.6) is 0 Å². The normalized spacial score (nSPS) is 21.4. The predicted molar refractivity (Wildman–Crippen MR) is 116 cm³/mol. The van der Waals surface area contributed by atoms with Crippen LogP contribution in [0.15, 0.2) is 91.0 Å². The van der Waals surface area contributed by atoms with Gasteiger partial charge in [-0.2, -0.15) is 0 Å². The Morgan fingerprint density at radius 2 is 0.900 bits per heavy atom. The van der Waals surface area contributed by atoms with Crippen LogP contribution in [0.2, 0.25) is 0 Å². The maximum atomic E-state index is 6.34. The Kier molecular flexibility index (Phi) is 7.64. The summed E-state index contributed by atoms with van der Waals surface area (Å²) in [5, 5.41) is 0. The van der Waals surface area contributed by atoms with E-state index in [9.17, 15) is 0 Å². The Hall–Kier alpha value is -2.50. The van der Waals surface area contributed by atoms with E-state index in [-0.39, 0.29) is 18.3 Å². The van der Waals surface area contributed by atoms with Gasteiger partial charge in [-0.05, 0) is 16.7 Å². The lowest BCUT2D eigenvalue weighted by Crippen LogP contribution is -2.51. The molecule has 1 fully saturated rings. The van der Waals surface area contributed by atoms with Crippen molar-refractivity contribution in [3.8, 4) is 0 Å². The number of rotatable bonds is 9. The van der Waals surface area contributed by atoms with Gasteiger partial charge in [-0.3, -0.25) is 0 Å². The summed E-state index contributed by atoms with van der Waals surface area (Å²) in [6.45, 7) is 2.55. The van der Waals surface area contributed by atoms with Crippen LogP contribution < -0.4 is 0 Å². The first-order valence-electron chi connectivity index (χ1n) is 10.4. The molecule has 3 aromatic carbocycles. The molecule has 0 spiro atoms. The fraction of sp³-hybridized carbons (Fsp3) is 0.308. The summed E-state index contributed by atoms with van der Waals surface area (Å²) in [7, 11) is 0. The van der Waals surface area contributed by atoms with E-state index in [4.69, 9.17) is 18.9 Å². The molecule has 4 heteroatoms. The minimum Gasteiger partial charge on any atom is -0.376 e. The summed E-state index contributed by atoms with van der Waals surface area (Å²) in [5.41, 5.74) is 3.39. The van der Waals surface area contributed by atoms with Crippen LogP contribution in [-0.2, 0) is 38.8 Å². The molecular weight excluding hydrogens is 376 g/mol. The van der Waals surface area contributed by atoms with Crippen molar-refractivity contribution in [2.75, 3.05) is 13.2 Å². The molecule has 1 aliphatic heterocycles. The summed E-state index contributed by atoms with van der Waals surface area (Å²) in [4.78, 5) is 0. The lowest BCUT2D eigenvalue weighted by Gasteiger charge is -2.37. The van der Waals surface area contributed by atoms with Gasteiger partial charge in [0, 0.05) is 0 Å². The van der Waals surface area contributed by atoms with Crippen molar-refractivity contribution in [3.05, 3.63) is 108 Å². The number of hydrogen-bond acceptors (Lipinski definition) is 4. The monoisotopic (exact) mass is 404 g/mol. The first-order valence-corrected chi connectivity index (χ1v) is 10.4. The van der Waals surface area contributed by atoms with Gasteiger partial charge < -0.3 is 18.9 Å². The highest BCUT2D eigenvalue weighted by Crippen LogP contribution is 2.22. The molecule has 4 rings (SSSR count). The maximum Gasteiger partial charge on any atom is 0.115 e. The second-order valence-corrected chi connectivity index (χ2v) is 7.47. The third kappa shape index (κ3) is 6.00. The third-order valence-corrected chi connectivity index (χ3v) is 5.20. The van der Waals surface area contributed by atoms with Crippen molar-refractivity contribution in [2.45, 2.75) is 38.1 Å². The van der Waals surface area contributed by atoms with E-state index in [1.165, 1.54) is 0 Å². The molecule has 0 aromatic heterocycles. The highest BCUT2D eigenvalue weighted by Gasteiger charge is 2.36. The van der Waals surface area contributed by atoms with Gasteiger partial charge in [0.05, 0.1) is 33.0 Å². The van der Waals surface area contributed by atoms with E-state index in [0.29, 0.717) is 33.0 Å². The maximum absolute atomic E-state index is 6.34. The Bertz CT molecular complexity index is 802. The molecule has 0 bridgehead atoms. The van der Waals surface area contributed by atoms with E-state index in [1.54, 1.807) is 0 Å². The topological polar surface area (TPSA) is 36.9 Å². The molecule has 30 heavy (non-hydrogen) atoms. The van der Waals surface area contributed by atoms with Crippen LogP contribution in [-0.4, -0.2) is 31.5 Å². The van der Waals surface area contributed by atoms with E-state index in [0.717, 1.165) is 16.7 Å². The SMILES string of the molecule is c1ccc(COC2[C@@H](OCc3ccccc3)COC[C@H]2OCc2ccccc2)cc1. The fourth-order valence-corrected chi connectivity index (χ4v) is 3.55. The number of hydrogen-bond donors (Lipinski definition) is 0. The van der Waals surface area contributed by atoms with Crippen LogP contribution >= 0.6 is 0 Å². The smallest absolute Gasteiger partial charge is 0.115 e. The van der Waals surface area contributed by atoms with E-state index in [1.807, 2.05) is 54.6 Å². The molecule has 1 saturated heterocycles. The average Bonchev–Trinajstić information content (AvgIpc) is 2.82. The lowest BCUT2D eigenvalue weighted by atomic mass is 10.1. The van der Waals surface area contributed by atoms with Crippen LogP contribution in [0, 0.1) is 0 Å². The summed E-state index contributed by atoms with van der Waals surface area (Å²) in [5.74, 6) is 0. The molecule has 0 radical (unpaired) electrons. The van der Waals surface area contributed by atoms with Gasteiger partial charge >= 0.3 is 0 Å². The fourth-order valence-electron chi connectivity index (χ4n) is 3.55. The average molecular weight is 405 g/mol. The largest absolute Gasteiger partial charge is 0.376 e. The molecule has 1 unspecified atom stereocenters. The molecule has 4 nitrogen and oxygen atoms in total. The van der Waals surface area contributed by atoms with Crippen LogP contribution in [0.3, 0.4) is 0 Å². The molecule has 1 heterocycles.